The molecular formula is C15H14F2N2O2S. The van der Waals surface area contributed by atoms with Crippen molar-refractivity contribution in [1.29, 1.82) is 0 Å². The number of alkyl halides is 2. The molecule has 2 aromatic rings. The van der Waals surface area contributed by atoms with Crippen LogP contribution in [0.15, 0.2) is 24.3 Å². The van der Waals surface area contributed by atoms with Crippen molar-refractivity contribution in [2.75, 3.05) is 5.32 Å². The van der Waals surface area contributed by atoms with Gasteiger partial charge in [0.1, 0.15) is 5.75 Å². The van der Waals surface area contributed by atoms with Gasteiger partial charge < -0.3 is 10.1 Å². The van der Waals surface area contributed by atoms with Gasteiger partial charge in [0.25, 0.3) is 0 Å². The van der Waals surface area contributed by atoms with Gasteiger partial charge in [0.05, 0.1) is 5.69 Å². The van der Waals surface area contributed by atoms with E-state index in [1.807, 2.05) is 6.92 Å². The van der Waals surface area contributed by atoms with Crippen LogP contribution >= 0.6 is 11.3 Å². The molecule has 7 heteroatoms. The van der Waals surface area contributed by atoms with Crippen molar-refractivity contribution in [2.45, 2.75) is 26.4 Å². The molecule has 1 N–H and O–H groups in total. The molecule has 4 nitrogen and oxygen atoms in total. The molecule has 0 radical (unpaired) electrons. The van der Waals surface area contributed by atoms with Crippen LogP contribution in [0.4, 0.5) is 13.9 Å². The number of anilines is 1. The Kier molecular flexibility index (Phi) is 4.06. The molecule has 0 spiro atoms. The normalized spacial score (nSPS) is 14.2. The third-order valence-electron chi connectivity index (χ3n) is 3.33. The van der Waals surface area contributed by atoms with Crippen LogP contribution in [0.1, 0.15) is 17.7 Å². The Morgan fingerprint density at radius 3 is 2.64 bits per heavy atom. The quantitative estimate of drug-likeness (QED) is 0.902. The minimum Gasteiger partial charge on any atom is -0.435 e. The lowest BCUT2D eigenvalue weighted by atomic mass is 10.1. The predicted octanol–water partition coefficient (Wildman–Crippen LogP) is 4.07. The summed E-state index contributed by atoms with van der Waals surface area (Å²) in [5.41, 5.74) is 1.53. The van der Waals surface area contributed by atoms with Gasteiger partial charge in [-0.3, -0.25) is 4.79 Å². The third kappa shape index (κ3) is 3.41. The van der Waals surface area contributed by atoms with Crippen molar-refractivity contribution in [2.24, 2.45) is 5.92 Å². The van der Waals surface area contributed by atoms with E-state index in [-0.39, 0.29) is 17.6 Å². The van der Waals surface area contributed by atoms with E-state index in [1.165, 1.54) is 23.5 Å². The Morgan fingerprint density at radius 2 is 2.05 bits per heavy atom. The fraction of sp³-hybridized carbons (Fsp3) is 0.333. The number of hydrogen-bond acceptors (Lipinski definition) is 4. The standard InChI is InChI=1S/C15H14F2N2O2S/c1-8-12(9-4-6-11(7-5-9)21-14(16)17)18-15(22-8)19-13(20)10-2-3-10/h4-7,10,14H,2-3H2,1H3,(H,18,19,20). The average molecular weight is 324 g/mol. The summed E-state index contributed by atoms with van der Waals surface area (Å²) >= 11 is 1.40. The van der Waals surface area contributed by atoms with Crippen LogP contribution in [-0.4, -0.2) is 17.5 Å². The van der Waals surface area contributed by atoms with Crippen molar-refractivity contribution in [1.82, 2.24) is 4.98 Å². The van der Waals surface area contributed by atoms with Gasteiger partial charge in [-0.1, -0.05) is 0 Å². The van der Waals surface area contributed by atoms with Crippen LogP contribution in [0.25, 0.3) is 11.3 Å². The summed E-state index contributed by atoms with van der Waals surface area (Å²) in [5.74, 6) is 0.244. The van der Waals surface area contributed by atoms with Gasteiger partial charge in [0.2, 0.25) is 5.91 Å². The zero-order valence-electron chi connectivity index (χ0n) is 11.8. The highest BCUT2D eigenvalue weighted by molar-refractivity contribution is 7.16. The number of aryl methyl sites for hydroxylation is 1. The SMILES string of the molecule is Cc1sc(NC(=O)C2CC2)nc1-c1ccc(OC(F)F)cc1. The number of amides is 1. The second-order valence-electron chi connectivity index (χ2n) is 5.09. The first-order valence-corrected chi connectivity index (χ1v) is 7.68. The summed E-state index contributed by atoms with van der Waals surface area (Å²) in [4.78, 5) is 17.1. The molecule has 0 atom stereocenters. The average Bonchev–Trinajstić information content (AvgIpc) is 3.24. The largest absolute Gasteiger partial charge is 0.435 e. The van der Waals surface area contributed by atoms with Crippen molar-refractivity contribution in [3.05, 3.63) is 29.1 Å². The molecule has 1 aliphatic rings. The lowest BCUT2D eigenvalue weighted by molar-refractivity contribution is -0.117. The van der Waals surface area contributed by atoms with Crippen LogP contribution in [-0.2, 0) is 4.79 Å². The highest BCUT2D eigenvalue weighted by Crippen LogP contribution is 2.34. The molecule has 3 rings (SSSR count). The lowest BCUT2D eigenvalue weighted by Gasteiger charge is -2.05. The van der Waals surface area contributed by atoms with Crippen molar-refractivity contribution in [3.8, 4) is 17.0 Å². The summed E-state index contributed by atoms with van der Waals surface area (Å²) < 4.78 is 28.6. The van der Waals surface area contributed by atoms with Crippen molar-refractivity contribution >= 4 is 22.4 Å². The van der Waals surface area contributed by atoms with Crippen LogP contribution in [0.5, 0.6) is 5.75 Å². The number of benzene rings is 1. The fourth-order valence-electron chi connectivity index (χ4n) is 2.06. The van der Waals surface area contributed by atoms with E-state index in [2.05, 4.69) is 15.0 Å². The van der Waals surface area contributed by atoms with E-state index in [4.69, 9.17) is 0 Å². The Balaban J connectivity index is 1.76. The van der Waals surface area contributed by atoms with Gasteiger partial charge in [0, 0.05) is 16.4 Å². The number of nitrogens with one attached hydrogen (secondary N) is 1. The molecule has 1 aliphatic carbocycles. The van der Waals surface area contributed by atoms with E-state index in [1.54, 1.807) is 12.1 Å². The molecule has 1 fully saturated rings. The van der Waals surface area contributed by atoms with E-state index in [0.717, 1.165) is 29.0 Å². The zero-order chi connectivity index (χ0) is 15.7. The van der Waals surface area contributed by atoms with Gasteiger partial charge >= 0.3 is 6.61 Å². The molecule has 22 heavy (non-hydrogen) atoms. The van der Waals surface area contributed by atoms with E-state index >= 15 is 0 Å². The second-order valence-corrected chi connectivity index (χ2v) is 6.29. The van der Waals surface area contributed by atoms with Crippen molar-refractivity contribution < 1.29 is 18.3 Å². The maximum Gasteiger partial charge on any atom is 0.387 e. The molecule has 116 valence electrons. The topological polar surface area (TPSA) is 51.2 Å². The van der Waals surface area contributed by atoms with Gasteiger partial charge in [-0.2, -0.15) is 8.78 Å². The zero-order valence-corrected chi connectivity index (χ0v) is 12.6. The second kappa shape index (κ2) is 6.00. The summed E-state index contributed by atoms with van der Waals surface area (Å²) in [7, 11) is 0. The van der Waals surface area contributed by atoms with Crippen LogP contribution < -0.4 is 10.1 Å². The number of aromatic nitrogens is 1. The van der Waals surface area contributed by atoms with Gasteiger partial charge in [-0.25, -0.2) is 4.98 Å². The molecular weight excluding hydrogens is 310 g/mol. The Bertz CT molecular complexity index is 681. The molecule has 0 saturated heterocycles. The highest BCUT2D eigenvalue weighted by Gasteiger charge is 2.30. The van der Waals surface area contributed by atoms with E-state index in [0.29, 0.717) is 5.13 Å². The van der Waals surface area contributed by atoms with E-state index in [9.17, 15) is 13.6 Å². The van der Waals surface area contributed by atoms with Gasteiger partial charge in [-0.05, 0) is 44.0 Å². The summed E-state index contributed by atoms with van der Waals surface area (Å²) in [6.07, 6.45) is 1.88. The molecule has 0 aliphatic heterocycles. The van der Waals surface area contributed by atoms with Gasteiger partial charge in [-0.15, -0.1) is 11.3 Å². The van der Waals surface area contributed by atoms with E-state index < -0.39 is 6.61 Å². The minimum atomic E-state index is -2.84. The fourth-order valence-corrected chi connectivity index (χ4v) is 2.90. The number of hydrogen-bond donors (Lipinski definition) is 1. The first-order chi connectivity index (χ1) is 10.5. The first kappa shape index (κ1) is 14.9. The Hall–Kier alpha value is -2.02. The molecule has 0 unspecified atom stereocenters. The number of rotatable bonds is 5. The third-order valence-corrected chi connectivity index (χ3v) is 4.21. The maximum atomic E-state index is 12.1. The first-order valence-electron chi connectivity index (χ1n) is 6.86. The summed E-state index contributed by atoms with van der Waals surface area (Å²) in [6.45, 7) is -0.931. The number of thiazole rings is 1. The molecule has 0 bridgehead atoms. The lowest BCUT2D eigenvalue weighted by Crippen LogP contribution is -2.12. The molecule has 1 heterocycles. The highest BCUT2D eigenvalue weighted by atomic mass is 32.1. The number of ether oxygens (including phenoxy) is 1. The van der Waals surface area contributed by atoms with Gasteiger partial charge in [0.15, 0.2) is 5.13 Å². The molecule has 1 aromatic carbocycles. The minimum absolute atomic E-state index is 0.0148. The van der Waals surface area contributed by atoms with Crippen molar-refractivity contribution in [3.63, 3.8) is 0 Å². The number of carbonyl (C=O) groups excluding carboxylic acids is 1. The molecule has 1 amide bonds. The van der Waals surface area contributed by atoms with Crippen LogP contribution in [0.2, 0.25) is 0 Å². The monoisotopic (exact) mass is 324 g/mol. The Morgan fingerprint density at radius 1 is 1.36 bits per heavy atom. The maximum absolute atomic E-state index is 12.1. The summed E-state index contributed by atoms with van der Waals surface area (Å²) in [6, 6.07) is 6.30. The molecule has 1 aromatic heterocycles. The molecule has 1 saturated carbocycles. The van der Waals surface area contributed by atoms with Crippen LogP contribution in [0.3, 0.4) is 0 Å². The van der Waals surface area contributed by atoms with Crippen LogP contribution in [0, 0.1) is 12.8 Å². The number of halogens is 2. The summed E-state index contributed by atoms with van der Waals surface area (Å²) in [5, 5.41) is 3.38. The number of nitrogens with zero attached hydrogens (tertiary/aromatic N) is 1. The smallest absolute Gasteiger partial charge is 0.387 e. The predicted molar refractivity (Wildman–Crippen MR) is 80.3 cm³/mol. The Labute approximate surface area is 130 Å². The number of carbonyl (C=O) groups is 1.